The monoisotopic (exact) mass is 220 g/mol. The smallest absolute Gasteiger partial charge is 0.411 e. The minimum absolute atomic E-state index is 0.296. The molecule has 0 aromatic heterocycles. The highest BCUT2D eigenvalue weighted by Crippen LogP contribution is 2.25. The Bertz CT molecular complexity index is 424. The molecule has 0 saturated carbocycles. The van der Waals surface area contributed by atoms with E-state index in [0.717, 1.165) is 0 Å². The molecule has 5 heteroatoms. The number of methoxy groups -OCH3 is 1. The Morgan fingerprint density at radius 3 is 2.88 bits per heavy atom. The molecule has 0 aliphatic rings. The van der Waals surface area contributed by atoms with Crippen LogP contribution in [0, 0.1) is 11.3 Å². The fourth-order valence-corrected chi connectivity index (χ4v) is 1.14. The molecule has 16 heavy (non-hydrogen) atoms. The second kappa shape index (κ2) is 5.61. The first-order chi connectivity index (χ1) is 7.71. The topological polar surface area (TPSA) is 71.3 Å². The lowest BCUT2D eigenvalue weighted by molar-refractivity contribution is 0.168. The Balaban J connectivity index is 2.88. The van der Waals surface area contributed by atoms with Gasteiger partial charge in [0.1, 0.15) is 5.75 Å². The van der Waals surface area contributed by atoms with E-state index in [1.807, 2.05) is 6.07 Å². The molecule has 1 rings (SSSR count). The lowest BCUT2D eigenvalue weighted by Gasteiger charge is -2.09. The highest BCUT2D eigenvalue weighted by molar-refractivity contribution is 5.86. The van der Waals surface area contributed by atoms with Crippen LogP contribution in [0.15, 0.2) is 18.2 Å². The van der Waals surface area contributed by atoms with Gasteiger partial charge in [-0.2, -0.15) is 5.26 Å². The number of nitrogens with one attached hydrogen (secondary N) is 1. The molecule has 5 nitrogen and oxygen atoms in total. The third kappa shape index (κ3) is 2.89. The molecule has 0 aliphatic heterocycles. The van der Waals surface area contributed by atoms with Crippen molar-refractivity contribution in [1.82, 2.24) is 0 Å². The minimum Gasteiger partial charge on any atom is -0.495 e. The van der Waals surface area contributed by atoms with E-state index < -0.39 is 6.09 Å². The number of carbonyl (C=O) groups excluding carboxylic acids is 1. The summed E-state index contributed by atoms with van der Waals surface area (Å²) in [6.45, 7) is 2.01. The van der Waals surface area contributed by atoms with Crippen LogP contribution in [0.4, 0.5) is 10.5 Å². The van der Waals surface area contributed by atoms with Crippen LogP contribution in [0.3, 0.4) is 0 Å². The third-order valence-corrected chi connectivity index (χ3v) is 1.84. The molecule has 1 amide bonds. The number of hydrogen-bond donors (Lipinski definition) is 1. The van der Waals surface area contributed by atoms with E-state index in [1.54, 1.807) is 25.1 Å². The molecule has 0 radical (unpaired) electrons. The van der Waals surface area contributed by atoms with Crippen molar-refractivity contribution < 1.29 is 14.3 Å². The van der Waals surface area contributed by atoms with Crippen LogP contribution in [0.1, 0.15) is 12.5 Å². The lowest BCUT2D eigenvalue weighted by atomic mass is 10.2. The molecule has 1 N–H and O–H groups in total. The predicted molar refractivity (Wildman–Crippen MR) is 58.4 cm³/mol. The van der Waals surface area contributed by atoms with Gasteiger partial charge in [-0.15, -0.1) is 0 Å². The third-order valence-electron chi connectivity index (χ3n) is 1.84. The van der Waals surface area contributed by atoms with Crippen molar-refractivity contribution in [3.05, 3.63) is 23.8 Å². The van der Waals surface area contributed by atoms with Crippen molar-refractivity contribution in [3.8, 4) is 11.8 Å². The average Bonchev–Trinajstić information content (AvgIpc) is 2.30. The van der Waals surface area contributed by atoms with Crippen LogP contribution < -0.4 is 10.1 Å². The largest absolute Gasteiger partial charge is 0.495 e. The van der Waals surface area contributed by atoms with Crippen molar-refractivity contribution >= 4 is 11.8 Å². The second-order valence-corrected chi connectivity index (χ2v) is 2.87. The number of rotatable bonds is 3. The number of benzene rings is 1. The van der Waals surface area contributed by atoms with Crippen molar-refractivity contribution in [1.29, 1.82) is 5.26 Å². The zero-order valence-corrected chi connectivity index (χ0v) is 9.11. The van der Waals surface area contributed by atoms with Crippen molar-refractivity contribution in [2.45, 2.75) is 6.92 Å². The summed E-state index contributed by atoms with van der Waals surface area (Å²) in [5.41, 5.74) is 0.936. The fraction of sp³-hybridized carbons (Fsp3) is 0.273. The molecule has 0 saturated heterocycles. The maximum Gasteiger partial charge on any atom is 0.411 e. The number of nitrogens with zero attached hydrogens (tertiary/aromatic N) is 1. The first kappa shape index (κ1) is 11.9. The normalized spacial score (nSPS) is 9.06. The van der Waals surface area contributed by atoms with E-state index in [-0.39, 0.29) is 0 Å². The van der Waals surface area contributed by atoms with Crippen LogP contribution in [-0.4, -0.2) is 19.8 Å². The van der Waals surface area contributed by atoms with E-state index in [4.69, 9.17) is 14.7 Å². The lowest BCUT2D eigenvalue weighted by Crippen LogP contribution is -2.13. The standard InChI is InChI=1S/C11H12N2O3/c1-3-16-11(14)13-9-5-4-8(7-12)6-10(9)15-2/h4-6H,3H2,1-2H3,(H,13,14). The van der Waals surface area contributed by atoms with E-state index >= 15 is 0 Å². The van der Waals surface area contributed by atoms with Gasteiger partial charge < -0.3 is 9.47 Å². The molecule has 84 valence electrons. The Morgan fingerprint density at radius 1 is 1.56 bits per heavy atom. The molecule has 0 atom stereocenters. The Hall–Kier alpha value is -2.22. The van der Waals surface area contributed by atoms with Gasteiger partial charge in [0.2, 0.25) is 0 Å². The number of hydrogen-bond acceptors (Lipinski definition) is 4. The molecule has 0 heterocycles. The van der Waals surface area contributed by atoms with Gasteiger partial charge >= 0.3 is 6.09 Å². The van der Waals surface area contributed by atoms with E-state index in [1.165, 1.54) is 7.11 Å². The summed E-state index contributed by atoms with van der Waals surface area (Å²) < 4.78 is 9.78. The minimum atomic E-state index is -0.550. The van der Waals surface area contributed by atoms with E-state index in [9.17, 15) is 4.79 Å². The summed E-state index contributed by atoms with van der Waals surface area (Å²) >= 11 is 0. The molecular weight excluding hydrogens is 208 g/mol. The van der Waals surface area contributed by atoms with Gasteiger partial charge in [-0.1, -0.05) is 0 Å². The van der Waals surface area contributed by atoms with Crippen molar-refractivity contribution in [2.75, 3.05) is 19.0 Å². The molecule has 0 spiro atoms. The molecule has 0 fully saturated rings. The van der Waals surface area contributed by atoms with Gasteiger partial charge in [0.25, 0.3) is 0 Å². The summed E-state index contributed by atoms with van der Waals surface area (Å²) in [5, 5.41) is 11.2. The predicted octanol–water partition coefficient (Wildman–Crippen LogP) is 2.14. The average molecular weight is 220 g/mol. The van der Waals surface area contributed by atoms with E-state index in [0.29, 0.717) is 23.6 Å². The van der Waals surface area contributed by atoms with Gasteiger partial charge in [0.15, 0.2) is 0 Å². The highest BCUT2D eigenvalue weighted by Gasteiger charge is 2.08. The number of anilines is 1. The van der Waals surface area contributed by atoms with Gasteiger partial charge in [-0.05, 0) is 19.1 Å². The van der Waals surface area contributed by atoms with Gasteiger partial charge in [0, 0.05) is 6.07 Å². The summed E-state index contributed by atoms with van der Waals surface area (Å²) in [6.07, 6.45) is -0.550. The van der Waals surface area contributed by atoms with Crippen LogP contribution >= 0.6 is 0 Å². The van der Waals surface area contributed by atoms with E-state index in [2.05, 4.69) is 5.32 Å². The SMILES string of the molecule is CCOC(=O)Nc1ccc(C#N)cc1OC. The Labute approximate surface area is 93.6 Å². The van der Waals surface area contributed by atoms with Gasteiger partial charge in [-0.25, -0.2) is 4.79 Å². The van der Waals surface area contributed by atoms with Crippen LogP contribution in [0.5, 0.6) is 5.75 Å². The molecule has 0 unspecified atom stereocenters. The zero-order chi connectivity index (χ0) is 12.0. The first-order valence-corrected chi connectivity index (χ1v) is 4.73. The zero-order valence-electron chi connectivity index (χ0n) is 9.11. The summed E-state index contributed by atoms with van der Waals surface area (Å²) in [7, 11) is 1.47. The van der Waals surface area contributed by atoms with Crippen LogP contribution in [0.2, 0.25) is 0 Å². The quantitative estimate of drug-likeness (QED) is 0.847. The second-order valence-electron chi connectivity index (χ2n) is 2.87. The van der Waals surface area contributed by atoms with Gasteiger partial charge in [-0.3, -0.25) is 5.32 Å². The molecule has 1 aromatic carbocycles. The number of nitriles is 1. The highest BCUT2D eigenvalue weighted by atomic mass is 16.5. The van der Waals surface area contributed by atoms with Crippen LogP contribution in [-0.2, 0) is 4.74 Å². The van der Waals surface area contributed by atoms with Gasteiger partial charge in [0.05, 0.1) is 31.0 Å². The molecule has 1 aromatic rings. The molecule has 0 aliphatic carbocycles. The maximum absolute atomic E-state index is 11.2. The van der Waals surface area contributed by atoms with Crippen LogP contribution in [0.25, 0.3) is 0 Å². The number of carbonyl (C=O) groups is 1. The Morgan fingerprint density at radius 2 is 2.31 bits per heavy atom. The molecule has 0 bridgehead atoms. The first-order valence-electron chi connectivity index (χ1n) is 4.73. The molecular formula is C11H12N2O3. The summed E-state index contributed by atoms with van der Waals surface area (Å²) in [5.74, 6) is 0.423. The number of ether oxygens (including phenoxy) is 2. The fourth-order valence-electron chi connectivity index (χ4n) is 1.14. The summed E-state index contributed by atoms with van der Waals surface area (Å²) in [6, 6.07) is 6.71. The Kier molecular flexibility index (Phi) is 4.16. The maximum atomic E-state index is 11.2. The number of amides is 1. The summed E-state index contributed by atoms with van der Waals surface area (Å²) in [4.78, 5) is 11.2. The van der Waals surface area contributed by atoms with Crippen molar-refractivity contribution in [3.63, 3.8) is 0 Å². The van der Waals surface area contributed by atoms with Crippen molar-refractivity contribution in [2.24, 2.45) is 0 Å².